The van der Waals surface area contributed by atoms with E-state index >= 15 is 0 Å². The lowest BCUT2D eigenvalue weighted by atomic mass is 9.83. The number of alkyl halides is 2. The molecule has 0 aromatic heterocycles. The Balaban J connectivity index is 1.22. The molecule has 274 valence electrons. The zero-order valence-corrected chi connectivity index (χ0v) is 30.5. The van der Waals surface area contributed by atoms with E-state index in [4.69, 9.17) is 9.47 Å². The first-order chi connectivity index (χ1) is 23.4. The molecule has 6 heteroatoms. The highest BCUT2D eigenvalue weighted by atomic mass is 19.1. The number of halogens is 2. The molecule has 2 aliphatic carbocycles. The summed E-state index contributed by atoms with van der Waals surface area (Å²) in [6.07, 6.45) is 22.3. The second-order valence-corrected chi connectivity index (χ2v) is 15.1. The van der Waals surface area contributed by atoms with Crippen LogP contribution < -0.4 is 0 Å². The van der Waals surface area contributed by atoms with Gasteiger partial charge in [0.25, 0.3) is 0 Å². The van der Waals surface area contributed by atoms with Gasteiger partial charge in [-0.1, -0.05) is 102 Å². The number of hydrogen-bond donors (Lipinski definition) is 0. The number of aryl methyl sites for hydroxylation is 2. The second-order valence-electron chi connectivity index (χ2n) is 15.1. The second kappa shape index (κ2) is 24.2. The third-order valence-electron chi connectivity index (χ3n) is 11.0. The lowest BCUT2D eigenvalue weighted by Gasteiger charge is -2.29. The molecule has 2 saturated carbocycles. The smallest absolute Gasteiger partial charge is 0.340 e. The van der Waals surface area contributed by atoms with E-state index in [9.17, 15) is 18.4 Å². The highest BCUT2D eigenvalue weighted by Crippen LogP contribution is 2.32. The summed E-state index contributed by atoms with van der Waals surface area (Å²) in [5, 5.41) is 0. The van der Waals surface area contributed by atoms with Crippen LogP contribution in [0.15, 0.2) is 24.3 Å². The summed E-state index contributed by atoms with van der Waals surface area (Å²) in [6, 6.07) is 9.07. The van der Waals surface area contributed by atoms with E-state index in [1.807, 2.05) is 0 Å². The zero-order valence-electron chi connectivity index (χ0n) is 30.5. The number of carbonyl (C=O) groups is 2. The predicted molar refractivity (Wildman–Crippen MR) is 193 cm³/mol. The Labute approximate surface area is 291 Å². The summed E-state index contributed by atoms with van der Waals surface area (Å²) in [5.74, 6) is -0.0271. The van der Waals surface area contributed by atoms with E-state index in [0.29, 0.717) is 24.7 Å². The quantitative estimate of drug-likeness (QED) is 0.0809. The van der Waals surface area contributed by atoms with Crippen LogP contribution in [0.4, 0.5) is 8.78 Å². The van der Waals surface area contributed by atoms with Gasteiger partial charge in [-0.2, -0.15) is 0 Å². The van der Waals surface area contributed by atoms with E-state index in [1.54, 1.807) is 0 Å². The molecule has 0 saturated heterocycles. The monoisotopic (exact) mass is 675 g/mol. The van der Waals surface area contributed by atoms with Crippen molar-refractivity contribution in [2.45, 2.75) is 205 Å². The van der Waals surface area contributed by atoms with E-state index in [0.717, 1.165) is 116 Å². The zero-order chi connectivity index (χ0) is 34.4. The van der Waals surface area contributed by atoms with Crippen molar-refractivity contribution < 1.29 is 27.8 Å². The first-order valence-electron chi connectivity index (χ1n) is 20.1. The fourth-order valence-corrected chi connectivity index (χ4v) is 7.61. The van der Waals surface area contributed by atoms with Crippen molar-refractivity contribution in [3.05, 3.63) is 35.4 Å². The van der Waals surface area contributed by atoms with Crippen molar-refractivity contribution in [3.63, 3.8) is 0 Å². The number of rotatable bonds is 24. The van der Waals surface area contributed by atoms with Crippen LogP contribution in [0.1, 0.15) is 179 Å². The molecule has 0 N–H and O–H groups in total. The largest absolute Gasteiger partial charge is 0.460 e. The number of hydrogen-bond acceptors (Lipinski definition) is 4. The topological polar surface area (TPSA) is 52.6 Å². The first kappa shape index (κ1) is 40.4. The van der Waals surface area contributed by atoms with Crippen molar-refractivity contribution in [1.29, 1.82) is 0 Å². The molecular formula is C42H68F2O4. The van der Waals surface area contributed by atoms with Crippen molar-refractivity contribution in [1.82, 2.24) is 0 Å². The first-order valence-corrected chi connectivity index (χ1v) is 20.1. The van der Waals surface area contributed by atoms with Gasteiger partial charge in [-0.15, -0.1) is 0 Å². The molecule has 2 aliphatic rings. The summed E-state index contributed by atoms with van der Waals surface area (Å²) in [6.45, 7) is 4.37. The van der Waals surface area contributed by atoms with E-state index in [1.165, 1.54) is 49.7 Å². The fourth-order valence-electron chi connectivity index (χ4n) is 7.61. The van der Waals surface area contributed by atoms with Crippen molar-refractivity contribution in [2.24, 2.45) is 11.8 Å². The fraction of sp³-hybridized carbons (Fsp3) is 0.810. The Morgan fingerprint density at radius 2 is 0.896 bits per heavy atom. The van der Waals surface area contributed by atoms with Gasteiger partial charge in [0, 0.05) is 0 Å². The van der Waals surface area contributed by atoms with E-state index in [2.05, 4.69) is 38.1 Å². The SMILES string of the molecule is CCCCCCCC[C@@H](F)C(=O)OC1CCC(CCc2ccc(CCC3CCC(OC(=O)[C@H](F)CCCCCCCC)CC3)cc2)CC1. The van der Waals surface area contributed by atoms with Crippen LogP contribution in [0.2, 0.25) is 0 Å². The Morgan fingerprint density at radius 1 is 0.562 bits per heavy atom. The highest BCUT2D eigenvalue weighted by Gasteiger charge is 2.28. The van der Waals surface area contributed by atoms with Crippen LogP contribution in [0.3, 0.4) is 0 Å². The van der Waals surface area contributed by atoms with Gasteiger partial charge in [-0.3, -0.25) is 0 Å². The van der Waals surface area contributed by atoms with Crippen LogP contribution in [-0.2, 0) is 31.9 Å². The van der Waals surface area contributed by atoms with Gasteiger partial charge in [0.2, 0.25) is 0 Å². The standard InChI is InChI=1S/C42H68F2O4/c1-3-5-7-9-11-13-15-39(43)41(45)47-37-29-25-35(26-30-37)23-21-33-17-19-34(20-18-33)22-24-36-27-31-38(32-28-36)48-42(46)40(44)16-14-12-10-8-6-4-2/h17-20,35-40H,3-16,21-32H2,1-2H3/t35?,36?,37?,38?,39-,40-/m1/s1. The van der Waals surface area contributed by atoms with Gasteiger partial charge in [-0.25, -0.2) is 18.4 Å². The summed E-state index contributed by atoms with van der Waals surface area (Å²) in [4.78, 5) is 24.5. The Kier molecular flexibility index (Phi) is 20.4. The molecule has 0 amide bonds. The average Bonchev–Trinajstić information content (AvgIpc) is 3.10. The lowest BCUT2D eigenvalue weighted by molar-refractivity contribution is -0.158. The molecule has 48 heavy (non-hydrogen) atoms. The van der Waals surface area contributed by atoms with Gasteiger partial charge in [0.15, 0.2) is 12.3 Å². The third kappa shape index (κ3) is 16.6. The molecule has 0 radical (unpaired) electrons. The number of benzene rings is 1. The highest BCUT2D eigenvalue weighted by molar-refractivity contribution is 5.75. The molecule has 0 unspecified atom stereocenters. The minimum Gasteiger partial charge on any atom is -0.460 e. The Bertz CT molecular complexity index is 903. The summed E-state index contributed by atoms with van der Waals surface area (Å²) in [5.41, 5.74) is 2.74. The van der Waals surface area contributed by atoms with Gasteiger partial charge in [0.05, 0.1) is 0 Å². The van der Waals surface area contributed by atoms with E-state index in [-0.39, 0.29) is 12.2 Å². The summed E-state index contributed by atoms with van der Waals surface area (Å²) < 4.78 is 39.7. The molecule has 0 spiro atoms. The summed E-state index contributed by atoms with van der Waals surface area (Å²) in [7, 11) is 0. The Hall–Kier alpha value is -1.98. The third-order valence-corrected chi connectivity index (χ3v) is 11.0. The maximum absolute atomic E-state index is 14.3. The molecular weight excluding hydrogens is 606 g/mol. The van der Waals surface area contributed by atoms with Gasteiger partial charge < -0.3 is 9.47 Å². The average molecular weight is 675 g/mol. The van der Waals surface area contributed by atoms with Crippen molar-refractivity contribution in [2.75, 3.05) is 0 Å². The molecule has 0 heterocycles. The molecule has 1 aromatic rings. The summed E-state index contributed by atoms with van der Waals surface area (Å²) >= 11 is 0. The normalized spacial score (nSPS) is 22.6. The van der Waals surface area contributed by atoms with Crippen molar-refractivity contribution >= 4 is 11.9 Å². The molecule has 0 bridgehead atoms. The van der Waals surface area contributed by atoms with Crippen molar-refractivity contribution in [3.8, 4) is 0 Å². The molecule has 2 fully saturated rings. The Morgan fingerprint density at radius 3 is 1.25 bits per heavy atom. The molecule has 3 rings (SSSR count). The van der Waals surface area contributed by atoms with Gasteiger partial charge in [0.1, 0.15) is 12.2 Å². The molecule has 1 aromatic carbocycles. The molecule has 2 atom stereocenters. The van der Waals surface area contributed by atoms with Crippen LogP contribution in [-0.4, -0.2) is 36.5 Å². The predicted octanol–water partition coefficient (Wildman–Crippen LogP) is 11.9. The number of ether oxygens (including phenoxy) is 2. The minimum absolute atomic E-state index is 0.122. The number of esters is 2. The lowest BCUT2D eigenvalue weighted by Crippen LogP contribution is -2.29. The maximum atomic E-state index is 14.3. The molecule has 4 nitrogen and oxygen atoms in total. The maximum Gasteiger partial charge on any atom is 0.340 e. The number of unbranched alkanes of at least 4 members (excludes halogenated alkanes) is 10. The van der Waals surface area contributed by atoms with Crippen LogP contribution in [0.5, 0.6) is 0 Å². The minimum atomic E-state index is -1.47. The van der Waals surface area contributed by atoms with Gasteiger partial charge >= 0.3 is 11.9 Å². The van der Waals surface area contributed by atoms with Crippen LogP contribution in [0.25, 0.3) is 0 Å². The van der Waals surface area contributed by atoms with E-state index < -0.39 is 24.3 Å². The van der Waals surface area contributed by atoms with Gasteiger partial charge in [-0.05, 0) is 126 Å². The number of carbonyl (C=O) groups excluding carboxylic acids is 2. The van der Waals surface area contributed by atoms with Crippen LogP contribution in [0, 0.1) is 11.8 Å². The van der Waals surface area contributed by atoms with Crippen LogP contribution >= 0.6 is 0 Å². The molecule has 0 aliphatic heterocycles.